The van der Waals surface area contributed by atoms with Gasteiger partial charge in [-0.1, -0.05) is 0 Å². The van der Waals surface area contributed by atoms with Crippen LogP contribution in [0.15, 0.2) is 35.6 Å². The van der Waals surface area contributed by atoms with Crippen molar-refractivity contribution in [3.05, 3.63) is 47.8 Å². The third kappa shape index (κ3) is 5.40. The molecule has 28 heavy (non-hydrogen) atoms. The largest absolute Gasteiger partial charge is 0.356 e. The van der Waals surface area contributed by atoms with E-state index in [0.717, 1.165) is 11.8 Å². The second-order valence-corrected chi connectivity index (χ2v) is 6.29. The summed E-state index contributed by atoms with van der Waals surface area (Å²) in [4.78, 5) is 20.5. The van der Waals surface area contributed by atoms with E-state index in [4.69, 9.17) is 0 Å². The first-order valence-corrected chi connectivity index (χ1v) is 8.73. The highest BCUT2D eigenvalue weighted by Gasteiger charge is 2.27. The number of halogens is 3. The van der Waals surface area contributed by atoms with E-state index in [2.05, 4.69) is 15.4 Å². The van der Waals surface area contributed by atoms with E-state index in [1.165, 1.54) is 12.1 Å². The minimum absolute atomic E-state index is 0. The number of nitrogens with one attached hydrogen (secondary N) is 1. The lowest BCUT2D eigenvalue weighted by molar-refractivity contribution is -0.120. The first kappa shape index (κ1) is 22.1. The monoisotopic (exact) mass is 504 g/mol. The molecular formula is C18H23F2IN6O. The molecule has 1 saturated heterocycles. The number of rotatable bonds is 4. The Morgan fingerprint density at radius 3 is 2.54 bits per heavy atom. The molecule has 2 aromatic rings. The number of hydrogen-bond donors (Lipinski definition) is 1. The lowest BCUT2D eigenvalue weighted by Gasteiger charge is -2.35. The van der Waals surface area contributed by atoms with Crippen LogP contribution in [0.1, 0.15) is 12.5 Å². The van der Waals surface area contributed by atoms with Crippen molar-refractivity contribution in [3.63, 3.8) is 0 Å². The Morgan fingerprint density at radius 2 is 1.96 bits per heavy atom. The third-order valence-corrected chi connectivity index (χ3v) is 4.19. The fourth-order valence-electron chi connectivity index (χ4n) is 2.97. The number of piperazine rings is 1. The maximum atomic E-state index is 13.3. The van der Waals surface area contributed by atoms with Crippen molar-refractivity contribution in [2.24, 2.45) is 12.0 Å². The van der Waals surface area contributed by atoms with Gasteiger partial charge < -0.3 is 15.1 Å². The third-order valence-electron chi connectivity index (χ3n) is 4.19. The van der Waals surface area contributed by atoms with Crippen molar-refractivity contribution < 1.29 is 13.6 Å². The normalized spacial score (nSPS) is 14.9. The molecule has 1 aliphatic heterocycles. The fourth-order valence-corrected chi connectivity index (χ4v) is 2.97. The van der Waals surface area contributed by atoms with Crippen LogP contribution in [0.2, 0.25) is 0 Å². The Bertz CT molecular complexity index is 836. The van der Waals surface area contributed by atoms with Crippen molar-refractivity contribution in [1.82, 2.24) is 20.0 Å². The van der Waals surface area contributed by atoms with Crippen LogP contribution in [-0.4, -0.2) is 52.7 Å². The van der Waals surface area contributed by atoms with Crippen LogP contribution >= 0.6 is 24.0 Å². The number of nitrogens with zero attached hydrogens (tertiary/aromatic N) is 5. The maximum absolute atomic E-state index is 13.3. The van der Waals surface area contributed by atoms with E-state index in [-0.39, 0.29) is 43.0 Å². The van der Waals surface area contributed by atoms with E-state index in [9.17, 15) is 13.6 Å². The predicted octanol–water partition coefficient (Wildman–Crippen LogP) is 2.13. The molecule has 0 aliphatic carbocycles. The van der Waals surface area contributed by atoms with Gasteiger partial charge in [-0.15, -0.1) is 24.0 Å². The number of aliphatic imine (C=N–C) groups is 1. The second kappa shape index (κ2) is 9.80. The molecule has 1 N–H and O–H groups in total. The van der Waals surface area contributed by atoms with E-state index >= 15 is 0 Å². The molecule has 152 valence electrons. The Morgan fingerprint density at radius 1 is 1.25 bits per heavy atom. The van der Waals surface area contributed by atoms with Gasteiger partial charge in [-0.3, -0.25) is 9.48 Å². The van der Waals surface area contributed by atoms with Crippen LogP contribution in [0, 0.1) is 11.6 Å². The molecule has 0 unspecified atom stereocenters. The number of anilines is 1. The molecule has 0 radical (unpaired) electrons. The summed E-state index contributed by atoms with van der Waals surface area (Å²) in [6.45, 7) is 3.91. The molecule has 10 heteroatoms. The van der Waals surface area contributed by atoms with E-state index < -0.39 is 11.6 Å². The number of amides is 1. The molecular weight excluding hydrogens is 481 g/mol. The number of aromatic nitrogens is 2. The molecule has 1 fully saturated rings. The highest BCUT2D eigenvalue weighted by molar-refractivity contribution is 14.0. The van der Waals surface area contributed by atoms with Crippen molar-refractivity contribution in [1.29, 1.82) is 0 Å². The van der Waals surface area contributed by atoms with Crippen LogP contribution < -0.4 is 10.2 Å². The van der Waals surface area contributed by atoms with Crippen LogP contribution in [-0.2, 0) is 18.4 Å². The number of carbonyl (C=O) groups is 1. The molecule has 1 aromatic heterocycles. The quantitative estimate of drug-likeness (QED) is 0.394. The van der Waals surface area contributed by atoms with Crippen LogP contribution in [0.3, 0.4) is 0 Å². The van der Waals surface area contributed by atoms with Gasteiger partial charge in [-0.05, 0) is 24.6 Å². The van der Waals surface area contributed by atoms with E-state index in [0.29, 0.717) is 31.2 Å². The zero-order valence-corrected chi connectivity index (χ0v) is 18.1. The molecule has 0 atom stereocenters. The topological polar surface area (TPSA) is 65.8 Å². The van der Waals surface area contributed by atoms with Gasteiger partial charge in [0.1, 0.15) is 18.2 Å². The summed E-state index contributed by atoms with van der Waals surface area (Å²) in [5.74, 6) is -0.783. The Labute approximate surface area is 179 Å². The van der Waals surface area contributed by atoms with Gasteiger partial charge in [-0.2, -0.15) is 5.10 Å². The number of hydrogen-bond acceptors (Lipinski definition) is 3. The SMILES string of the molecule is CCNC(=NCc1cc(F)cc(F)c1)N1CCN(c2cnn(C)c2)C(=O)C1.I. The van der Waals surface area contributed by atoms with Gasteiger partial charge in [0.15, 0.2) is 5.96 Å². The van der Waals surface area contributed by atoms with E-state index in [1.54, 1.807) is 29.0 Å². The zero-order valence-electron chi connectivity index (χ0n) is 15.7. The van der Waals surface area contributed by atoms with Gasteiger partial charge in [0.2, 0.25) is 5.91 Å². The average Bonchev–Trinajstić information content (AvgIpc) is 3.04. The van der Waals surface area contributed by atoms with Gasteiger partial charge in [-0.25, -0.2) is 13.8 Å². The molecule has 1 aliphatic rings. The summed E-state index contributed by atoms with van der Waals surface area (Å²) in [6, 6.07) is 3.33. The smallest absolute Gasteiger partial charge is 0.246 e. The summed E-state index contributed by atoms with van der Waals surface area (Å²) in [6.07, 6.45) is 3.46. The second-order valence-electron chi connectivity index (χ2n) is 6.29. The van der Waals surface area contributed by atoms with Crippen LogP contribution in [0.5, 0.6) is 0 Å². The Balaban J connectivity index is 0.00000280. The number of aryl methyl sites for hydroxylation is 1. The highest BCUT2D eigenvalue weighted by Crippen LogP contribution is 2.16. The van der Waals surface area contributed by atoms with Crippen LogP contribution in [0.4, 0.5) is 14.5 Å². The van der Waals surface area contributed by atoms with Crippen molar-refractivity contribution >= 4 is 41.5 Å². The summed E-state index contributed by atoms with van der Waals surface area (Å²) >= 11 is 0. The first-order valence-electron chi connectivity index (χ1n) is 8.73. The van der Waals surface area contributed by atoms with E-state index in [1.807, 2.05) is 11.8 Å². The minimum atomic E-state index is -0.634. The molecule has 1 aromatic carbocycles. The van der Waals surface area contributed by atoms with Gasteiger partial charge in [0.05, 0.1) is 18.4 Å². The predicted molar refractivity (Wildman–Crippen MR) is 114 cm³/mol. The molecule has 0 saturated carbocycles. The highest BCUT2D eigenvalue weighted by atomic mass is 127. The first-order chi connectivity index (χ1) is 13.0. The lowest BCUT2D eigenvalue weighted by atomic mass is 10.2. The molecule has 1 amide bonds. The standard InChI is InChI=1S/C18H22F2N6O.HI/c1-3-21-18(22-9-13-6-14(19)8-15(20)7-13)25-4-5-26(17(27)12-25)16-10-23-24(2)11-16;/h6-8,10-11H,3-5,9,12H2,1-2H3,(H,21,22);1H. The summed E-state index contributed by atoms with van der Waals surface area (Å²) in [5.41, 5.74) is 1.20. The molecule has 2 heterocycles. The molecule has 7 nitrogen and oxygen atoms in total. The van der Waals surface area contributed by atoms with Crippen molar-refractivity contribution in [2.75, 3.05) is 31.1 Å². The minimum Gasteiger partial charge on any atom is -0.356 e. The van der Waals surface area contributed by atoms with Gasteiger partial charge in [0, 0.05) is 38.9 Å². The summed E-state index contributed by atoms with van der Waals surface area (Å²) in [5, 5.41) is 7.23. The van der Waals surface area contributed by atoms with Gasteiger partial charge in [0.25, 0.3) is 0 Å². The van der Waals surface area contributed by atoms with Gasteiger partial charge >= 0.3 is 0 Å². The Kier molecular flexibility index (Phi) is 7.72. The number of benzene rings is 1. The number of guanidine groups is 1. The maximum Gasteiger partial charge on any atom is 0.246 e. The molecule has 0 bridgehead atoms. The molecule has 0 spiro atoms. The number of carbonyl (C=O) groups excluding carboxylic acids is 1. The Hall–Kier alpha value is -2.24. The summed E-state index contributed by atoms with van der Waals surface area (Å²) < 4.78 is 28.3. The zero-order chi connectivity index (χ0) is 19.4. The molecule has 3 rings (SSSR count). The fraction of sp³-hybridized carbons (Fsp3) is 0.389. The summed E-state index contributed by atoms with van der Waals surface area (Å²) in [7, 11) is 1.80. The van der Waals surface area contributed by atoms with Crippen molar-refractivity contribution in [3.8, 4) is 0 Å². The lowest BCUT2D eigenvalue weighted by Crippen LogP contribution is -2.55. The van der Waals surface area contributed by atoms with Crippen LogP contribution in [0.25, 0.3) is 0 Å². The van der Waals surface area contributed by atoms with Crippen molar-refractivity contribution in [2.45, 2.75) is 13.5 Å². The average molecular weight is 504 g/mol.